The fourth-order valence-electron chi connectivity index (χ4n) is 3.10. The van der Waals surface area contributed by atoms with Gasteiger partial charge in [0.1, 0.15) is 0 Å². The van der Waals surface area contributed by atoms with E-state index in [-0.39, 0.29) is 0 Å². The minimum atomic E-state index is 0.880. The molecule has 1 aromatic carbocycles. The molecule has 1 aromatic rings. The highest BCUT2D eigenvalue weighted by atomic mass is 32.2. The summed E-state index contributed by atoms with van der Waals surface area (Å²) < 4.78 is 0. The van der Waals surface area contributed by atoms with E-state index in [1.165, 1.54) is 38.3 Å². The molecule has 0 radical (unpaired) electrons. The molecule has 2 aliphatic heterocycles. The van der Waals surface area contributed by atoms with Crippen molar-refractivity contribution < 1.29 is 0 Å². The number of benzene rings is 1. The molecule has 2 nitrogen and oxygen atoms in total. The third kappa shape index (κ3) is 1.59. The second kappa shape index (κ2) is 3.66. The molecular formula is C14H18N2S. The molecule has 4 rings (SSSR count). The first-order valence-electron chi connectivity index (χ1n) is 6.56. The van der Waals surface area contributed by atoms with Crippen molar-refractivity contribution in [3.8, 4) is 0 Å². The maximum atomic E-state index is 2.60. The van der Waals surface area contributed by atoms with Crippen LogP contribution in [0, 0.1) is 0 Å². The Kier molecular flexibility index (Phi) is 2.21. The minimum Gasteiger partial charge on any atom is -0.369 e. The van der Waals surface area contributed by atoms with E-state index in [9.17, 15) is 0 Å². The van der Waals surface area contributed by atoms with Crippen LogP contribution in [0.15, 0.2) is 23.1 Å². The molecule has 3 aliphatic rings. The summed E-state index contributed by atoms with van der Waals surface area (Å²) >= 11 is 2.11. The van der Waals surface area contributed by atoms with Crippen molar-refractivity contribution in [2.24, 2.45) is 0 Å². The van der Waals surface area contributed by atoms with Crippen molar-refractivity contribution in [1.82, 2.24) is 4.90 Å². The van der Waals surface area contributed by atoms with Crippen molar-refractivity contribution in [3.63, 3.8) is 0 Å². The van der Waals surface area contributed by atoms with E-state index in [4.69, 9.17) is 0 Å². The lowest BCUT2D eigenvalue weighted by atomic mass is 10.1. The van der Waals surface area contributed by atoms with Gasteiger partial charge in [0.25, 0.3) is 0 Å². The van der Waals surface area contributed by atoms with Gasteiger partial charge in [0, 0.05) is 47.9 Å². The fraction of sp³-hybridized carbons (Fsp3) is 0.571. The maximum absolute atomic E-state index is 2.60. The maximum Gasteiger partial charge on any atom is 0.0414 e. The van der Waals surface area contributed by atoms with Gasteiger partial charge in [-0.2, -0.15) is 0 Å². The van der Waals surface area contributed by atoms with Gasteiger partial charge in [-0.3, -0.25) is 0 Å². The number of hydrogen-bond acceptors (Lipinski definition) is 3. The van der Waals surface area contributed by atoms with Crippen LogP contribution in [0.2, 0.25) is 0 Å². The molecule has 0 bridgehead atoms. The SMILES string of the molecule is CN1CCN(c2cccc3c2C2CC2S3)CC1. The minimum absolute atomic E-state index is 0.880. The van der Waals surface area contributed by atoms with Gasteiger partial charge < -0.3 is 9.80 Å². The molecule has 0 aromatic heterocycles. The number of likely N-dealkylation sites (N-methyl/N-ethyl adjacent to an activating group) is 1. The Balaban J connectivity index is 1.68. The average molecular weight is 246 g/mol. The Morgan fingerprint density at radius 3 is 2.82 bits per heavy atom. The van der Waals surface area contributed by atoms with Crippen molar-refractivity contribution in [2.75, 3.05) is 38.1 Å². The zero-order valence-electron chi connectivity index (χ0n) is 10.2. The second-order valence-corrected chi connectivity index (χ2v) is 6.76. The number of fused-ring (bicyclic) bond motifs is 3. The Hall–Kier alpha value is -0.670. The van der Waals surface area contributed by atoms with Crippen LogP contribution in [0.4, 0.5) is 5.69 Å². The lowest BCUT2D eigenvalue weighted by molar-refractivity contribution is 0.312. The Morgan fingerprint density at radius 2 is 2.00 bits per heavy atom. The molecule has 1 saturated heterocycles. The largest absolute Gasteiger partial charge is 0.369 e. The van der Waals surface area contributed by atoms with Crippen molar-refractivity contribution >= 4 is 17.4 Å². The van der Waals surface area contributed by atoms with Gasteiger partial charge >= 0.3 is 0 Å². The third-order valence-corrected chi connectivity index (χ3v) is 5.70. The standard InChI is InChI=1S/C14H18N2S/c1-15-5-7-16(8-6-15)11-3-2-4-12-14(11)10-9-13(10)17-12/h2-4,10,13H,5-9H2,1H3. The van der Waals surface area contributed by atoms with E-state index in [0.717, 1.165) is 11.2 Å². The Labute approximate surface area is 107 Å². The van der Waals surface area contributed by atoms with Gasteiger partial charge in [-0.1, -0.05) is 6.07 Å². The van der Waals surface area contributed by atoms with E-state index >= 15 is 0 Å². The molecule has 2 atom stereocenters. The lowest BCUT2D eigenvalue weighted by Crippen LogP contribution is -2.44. The van der Waals surface area contributed by atoms with Crippen molar-refractivity contribution in [1.29, 1.82) is 0 Å². The number of hydrogen-bond donors (Lipinski definition) is 0. The molecule has 2 unspecified atom stereocenters. The molecule has 0 amide bonds. The topological polar surface area (TPSA) is 6.48 Å². The number of rotatable bonds is 1. The van der Waals surface area contributed by atoms with Crippen LogP contribution in [0.25, 0.3) is 0 Å². The van der Waals surface area contributed by atoms with E-state index < -0.39 is 0 Å². The highest BCUT2D eigenvalue weighted by Crippen LogP contribution is 2.62. The summed E-state index contributed by atoms with van der Waals surface area (Å²) in [4.78, 5) is 6.58. The Bertz CT molecular complexity index is 452. The summed E-state index contributed by atoms with van der Waals surface area (Å²) in [6.45, 7) is 4.78. The highest BCUT2D eigenvalue weighted by molar-refractivity contribution is 8.00. The number of thioether (sulfide) groups is 1. The fourth-order valence-corrected chi connectivity index (χ4v) is 4.57. The number of nitrogens with zero attached hydrogens (tertiary/aromatic N) is 2. The molecule has 1 saturated carbocycles. The zero-order chi connectivity index (χ0) is 11.4. The predicted octanol–water partition coefficient (Wildman–Crippen LogP) is 2.40. The number of piperazine rings is 1. The molecule has 0 N–H and O–H groups in total. The van der Waals surface area contributed by atoms with Crippen LogP contribution in [0.5, 0.6) is 0 Å². The first-order valence-corrected chi connectivity index (χ1v) is 7.44. The van der Waals surface area contributed by atoms with E-state index in [2.05, 4.69) is 46.8 Å². The van der Waals surface area contributed by atoms with E-state index in [1.807, 2.05) is 0 Å². The number of anilines is 1. The summed E-state index contributed by atoms with van der Waals surface area (Å²) in [6, 6.07) is 6.89. The van der Waals surface area contributed by atoms with Crippen molar-refractivity contribution in [2.45, 2.75) is 22.5 Å². The molecule has 2 fully saturated rings. The predicted molar refractivity (Wildman–Crippen MR) is 73.2 cm³/mol. The van der Waals surface area contributed by atoms with Crippen LogP contribution in [-0.2, 0) is 0 Å². The van der Waals surface area contributed by atoms with Gasteiger partial charge in [0.05, 0.1) is 0 Å². The zero-order valence-corrected chi connectivity index (χ0v) is 11.0. The summed E-state index contributed by atoms with van der Waals surface area (Å²) in [5.74, 6) is 0.880. The van der Waals surface area contributed by atoms with E-state index in [1.54, 1.807) is 10.5 Å². The van der Waals surface area contributed by atoms with Gasteiger partial charge in [-0.05, 0) is 31.2 Å². The van der Waals surface area contributed by atoms with Crippen molar-refractivity contribution in [3.05, 3.63) is 23.8 Å². The monoisotopic (exact) mass is 246 g/mol. The molecular weight excluding hydrogens is 228 g/mol. The second-order valence-electron chi connectivity index (χ2n) is 5.48. The van der Waals surface area contributed by atoms with E-state index in [0.29, 0.717) is 0 Å². The third-order valence-electron chi connectivity index (χ3n) is 4.27. The smallest absolute Gasteiger partial charge is 0.0414 e. The quantitative estimate of drug-likeness (QED) is 0.751. The molecule has 0 spiro atoms. The van der Waals surface area contributed by atoms with Crippen LogP contribution in [-0.4, -0.2) is 43.4 Å². The average Bonchev–Trinajstić information content (AvgIpc) is 3.01. The first-order chi connectivity index (χ1) is 8.33. The summed E-state index contributed by atoms with van der Waals surface area (Å²) in [6.07, 6.45) is 1.42. The van der Waals surface area contributed by atoms with Gasteiger partial charge in [0.15, 0.2) is 0 Å². The Morgan fingerprint density at radius 1 is 1.18 bits per heavy atom. The normalized spacial score (nSPS) is 31.2. The molecule has 2 heterocycles. The highest BCUT2D eigenvalue weighted by Gasteiger charge is 2.47. The lowest BCUT2D eigenvalue weighted by Gasteiger charge is -2.35. The van der Waals surface area contributed by atoms with Gasteiger partial charge in [0.2, 0.25) is 0 Å². The molecule has 90 valence electrons. The van der Waals surface area contributed by atoms with Gasteiger partial charge in [-0.15, -0.1) is 11.8 Å². The molecule has 17 heavy (non-hydrogen) atoms. The van der Waals surface area contributed by atoms with Gasteiger partial charge in [-0.25, -0.2) is 0 Å². The van der Waals surface area contributed by atoms with Crippen LogP contribution in [0.1, 0.15) is 17.9 Å². The molecule has 1 aliphatic carbocycles. The summed E-state index contributed by atoms with van der Waals surface area (Å²) in [7, 11) is 2.22. The van der Waals surface area contributed by atoms with Crippen LogP contribution < -0.4 is 4.90 Å². The summed E-state index contributed by atoms with van der Waals surface area (Å²) in [5.41, 5.74) is 3.21. The first kappa shape index (κ1) is 10.3. The van der Waals surface area contributed by atoms with Crippen LogP contribution in [0.3, 0.4) is 0 Å². The van der Waals surface area contributed by atoms with Crippen LogP contribution >= 0.6 is 11.8 Å². The molecule has 3 heteroatoms. The summed E-state index contributed by atoms with van der Waals surface area (Å²) in [5, 5.41) is 0.915.